The number of benzene rings is 1. The van der Waals surface area contributed by atoms with E-state index in [1.807, 2.05) is 38.6 Å². The predicted octanol–water partition coefficient (Wildman–Crippen LogP) is 1.65. The minimum atomic E-state index is -0.547. The molecule has 1 atom stereocenters. The van der Waals surface area contributed by atoms with Crippen molar-refractivity contribution < 1.29 is 9.90 Å². The molecule has 0 saturated carbocycles. The van der Waals surface area contributed by atoms with Gasteiger partial charge in [-0.15, -0.1) is 0 Å². The highest BCUT2D eigenvalue weighted by molar-refractivity contribution is 5.94. The van der Waals surface area contributed by atoms with Crippen LogP contribution in [0.15, 0.2) is 41.2 Å². The van der Waals surface area contributed by atoms with Crippen molar-refractivity contribution in [2.75, 3.05) is 0 Å². The van der Waals surface area contributed by atoms with Gasteiger partial charge >= 0.3 is 0 Å². The fourth-order valence-corrected chi connectivity index (χ4v) is 3.13. The second-order valence-electron chi connectivity index (χ2n) is 6.82. The van der Waals surface area contributed by atoms with Gasteiger partial charge < -0.3 is 10.4 Å². The Morgan fingerprint density at radius 1 is 1.21 bits per heavy atom. The predicted molar refractivity (Wildman–Crippen MR) is 105 cm³/mol. The van der Waals surface area contributed by atoms with E-state index in [0.717, 1.165) is 27.7 Å². The summed E-state index contributed by atoms with van der Waals surface area (Å²) in [7, 11) is 1.88. The number of aromatic nitrogens is 4. The molecule has 0 saturated heterocycles. The van der Waals surface area contributed by atoms with E-state index in [9.17, 15) is 14.7 Å². The first-order valence-corrected chi connectivity index (χ1v) is 8.96. The average Bonchev–Trinajstić information content (AvgIpc) is 2.88. The molecule has 2 N–H and O–H groups in total. The summed E-state index contributed by atoms with van der Waals surface area (Å²) in [5.74, 6) is -0.996. The first-order valence-electron chi connectivity index (χ1n) is 8.96. The molecule has 3 aromatic rings. The molecule has 0 aliphatic rings. The normalized spacial score (nSPS) is 12.0. The molecule has 146 valence electrons. The maximum absolute atomic E-state index is 12.7. The number of carbonyl (C=O) groups is 1. The third-order valence-corrected chi connectivity index (χ3v) is 4.67. The standard InChI is InChI=1S/C20H23N5O3/c1-12(10-16-13(2)22-24(4)14(16)3)21-20(28)19-17(26)11-18(27)25(23-19)15-8-6-5-7-9-15/h5-9,11-12,26H,10H2,1-4H3,(H,21,28). The van der Waals surface area contributed by atoms with Crippen molar-refractivity contribution in [2.45, 2.75) is 33.2 Å². The summed E-state index contributed by atoms with van der Waals surface area (Å²) in [6.07, 6.45) is 0.594. The van der Waals surface area contributed by atoms with E-state index in [1.54, 1.807) is 24.3 Å². The largest absolute Gasteiger partial charge is 0.505 e. The Hall–Kier alpha value is -3.42. The van der Waals surface area contributed by atoms with Gasteiger partial charge in [-0.2, -0.15) is 14.9 Å². The summed E-state index contributed by atoms with van der Waals surface area (Å²) in [5.41, 5.74) is 2.82. The fourth-order valence-electron chi connectivity index (χ4n) is 3.13. The van der Waals surface area contributed by atoms with Gasteiger partial charge in [0, 0.05) is 24.8 Å². The molecule has 1 amide bonds. The molecule has 0 fully saturated rings. The second-order valence-corrected chi connectivity index (χ2v) is 6.82. The number of hydrogen-bond donors (Lipinski definition) is 2. The van der Waals surface area contributed by atoms with E-state index in [0.29, 0.717) is 12.1 Å². The molecular weight excluding hydrogens is 358 g/mol. The van der Waals surface area contributed by atoms with Crippen LogP contribution in [-0.4, -0.2) is 36.6 Å². The maximum Gasteiger partial charge on any atom is 0.275 e. The lowest BCUT2D eigenvalue weighted by molar-refractivity contribution is 0.0930. The van der Waals surface area contributed by atoms with Gasteiger partial charge in [0.2, 0.25) is 0 Å². The lowest BCUT2D eigenvalue weighted by Gasteiger charge is -2.15. The van der Waals surface area contributed by atoms with Crippen molar-refractivity contribution in [3.8, 4) is 11.4 Å². The van der Waals surface area contributed by atoms with Crippen LogP contribution in [0.4, 0.5) is 0 Å². The van der Waals surface area contributed by atoms with E-state index in [-0.39, 0.29) is 11.7 Å². The summed E-state index contributed by atoms with van der Waals surface area (Å²) < 4.78 is 2.90. The van der Waals surface area contributed by atoms with Gasteiger partial charge in [-0.3, -0.25) is 14.3 Å². The lowest BCUT2D eigenvalue weighted by atomic mass is 10.1. The molecule has 0 aliphatic carbocycles. The molecular formula is C20H23N5O3. The molecule has 0 aliphatic heterocycles. The van der Waals surface area contributed by atoms with E-state index in [2.05, 4.69) is 15.5 Å². The van der Waals surface area contributed by atoms with Gasteiger partial charge in [0.15, 0.2) is 11.4 Å². The number of nitrogens with one attached hydrogen (secondary N) is 1. The van der Waals surface area contributed by atoms with Crippen LogP contribution >= 0.6 is 0 Å². The second kappa shape index (κ2) is 7.67. The smallest absolute Gasteiger partial charge is 0.275 e. The molecule has 1 unspecified atom stereocenters. The van der Waals surface area contributed by atoms with Crippen LogP contribution in [0.25, 0.3) is 5.69 Å². The van der Waals surface area contributed by atoms with E-state index in [4.69, 9.17) is 0 Å². The Kier molecular flexibility index (Phi) is 5.30. The Balaban J connectivity index is 1.83. The SMILES string of the molecule is Cc1nn(C)c(C)c1CC(C)NC(=O)c1nn(-c2ccccc2)c(=O)cc1O. The summed E-state index contributed by atoms with van der Waals surface area (Å²) in [6, 6.07) is 9.51. The van der Waals surface area contributed by atoms with Gasteiger partial charge in [-0.05, 0) is 44.9 Å². The van der Waals surface area contributed by atoms with Gasteiger partial charge in [-0.1, -0.05) is 18.2 Å². The number of hydrogen-bond acceptors (Lipinski definition) is 5. The Bertz CT molecular complexity index is 1070. The van der Waals surface area contributed by atoms with Crippen LogP contribution in [0.5, 0.6) is 5.75 Å². The lowest BCUT2D eigenvalue weighted by Crippen LogP contribution is -2.36. The number of carbonyl (C=O) groups excluding carboxylic acids is 1. The molecule has 0 spiro atoms. The Morgan fingerprint density at radius 2 is 1.89 bits per heavy atom. The molecule has 28 heavy (non-hydrogen) atoms. The number of para-hydroxylation sites is 1. The van der Waals surface area contributed by atoms with Crippen molar-refractivity contribution in [2.24, 2.45) is 7.05 Å². The zero-order valence-corrected chi connectivity index (χ0v) is 16.3. The van der Waals surface area contributed by atoms with E-state index >= 15 is 0 Å². The number of rotatable bonds is 5. The molecule has 3 rings (SSSR count). The van der Waals surface area contributed by atoms with E-state index < -0.39 is 17.2 Å². The first-order chi connectivity index (χ1) is 13.3. The summed E-state index contributed by atoms with van der Waals surface area (Å²) in [4.78, 5) is 24.8. The summed E-state index contributed by atoms with van der Waals surface area (Å²) >= 11 is 0. The van der Waals surface area contributed by atoms with Crippen LogP contribution in [0, 0.1) is 13.8 Å². The van der Waals surface area contributed by atoms with Gasteiger partial charge in [0.1, 0.15) is 0 Å². The first kappa shape index (κ1) is 19.3. The zero-order valence-electron chi connectivity index (χ0n) is 16.3. The number of aryl methyl sites for hydroxylation is 2. The zero-order chi connectivity index (χ0) is 20.4. The molecule has 8 nitrogen and oxygen atoms in total. The van der Waals surface area contributed by atoms with Gasteiger partial charge in [0.25, 0.3) is 11.5 Å². The molecule has 8 heteroatoms. The quantitative estimate of drug-likeness (QED) is 0.700. The molecule has 0 bridgehead atoms. The van der Waals surface area contributed by atoms with Crippen molar-refractivity contribution in [3.63, 3.8) is 0 Å². The van der Waals surface area contributed by atoms with Crippen molar-refractivity contribution in [3.05, 3.63) is 69.4 Å². The van der Waals surface area contributed by atoms with Crippen LogP contribution < -0.4 is 10.9 Å². The molecule has 2 heterocycles. The minimum Gasteiger partial charge on any atom is -0.505 e. The van der Waals surface area contributed by atoms with Crippen LogP contribution in [0.2, 0.25) is 0 Å². The highest BCUT2D eigenvalue weighted by atomic mass is 16.3. The van der Waals surface area contributed by atoms with Gasteiger partial charge in [-0.25, -0.2) is 0 Å². The van der Waals surface area contributed by atoms with Crippen molar-refractivity contribution >= 4 is 5.91 Å². The van der Waals surface area contributed by atoms with Crippen molar-refractivity contribution in [1.82, 2.24) is 24.9 Å². The third kappa shape index (κ3) is 3.80. The highest BCUT2D eigenvalue weighted by Crippen LogP contribution is 2.16. The number of nitrogens with zero attached hydrogens (tertiary/aromatic N) is 4. The number of aromatic hydroxyl groups is 1. The molecule has 0 radical (unpaired) electrons. The number of amides is 1. The summed E-state index contributed by atoms with van der Waals surface area (Å²) in [5, 5.41) is 21.4. The highest BCUT2D eigenvalue weighted by Gasteiger charge is 2.20. The van der Waals surface area contributed by atoms with Crippen LogP contribution in [0.1, 0.15) is 34.4 Å². The summed E-state index contributed by atoms with van der Waals surface area (Å²) in [6.45, 7) is 5.78. The molecule has 2 aromatic heterocycles. The Labute approximate surface area is 162 Å². The van der Waals surface area contributed by atoms with Crippen molar-refractivity contribution in [1.29, 1.82) is 0 Å². The fraction of sp³-hybridized carbons (Fsp3) is 0.300. The monoisotopic (exact) mass is 381 g/mol. The van der Waals surface area contributed by atoms with Crippen LogP contribution in [0.3, 0.4) is 0 Å². The Morgan fingerprint density at radius 3 is 2.50 bits per heavy atom. The van der Waals surface area contributed by atoms with E-state index in [1.165, 1.54) is 0 Å². The maximum atomic E-state index is 12.7. The van der Waals surface area contributed by atoms with Gasteiger partial charge in [0.05, 0.1) is 11.4 Å². The minimum absolute atomic E-state index is 0.199. The van der Waals surface area contributed by atoms with Crippen LogP contribution in [-0.2, 0) is 13.5 Å². The topological polar surface area (TPSA) is 102 Å². The third-order valence-electron chi connectivity index (χ3n) is 4.67. The average molecular weight is 381 g/mol. The molecule has 1 aromatic carbocycles.